The predicted molar refractivity (Wildman–Crippen MR) is 74.6 cm³/mol. The number of para-hydroxylation sites is 1. The fraction of sp³-hybridized carbons (Fsp3) is 0.143. The van der Waals surface area contributed by atoms with Crippen molar-refractivity contribution >= 4 is 15.7 Å². The number of benzene rings is 2. The van der Waals surface area contributed by atoms with Crippen LogP contribution in [0, 0.1) is 6.92 Å². The fourth-order valence-electron chi connectivity index (χ4n) is 2.04. The highest BCUT2D eigenvalue weighted by atomic mass is 32.2. The van der Waals surface area contributed by atoms with Gasteiger partial charge < -0.3 is 9.47 Å². The summed E-state index contributed by atoms with van der Waals surface area (Å²) in [5.74, 6) is -0.571. The third-order valence-electron chi connectivity index (χ3n) is 2.97. The van der Waals surface area contributed by atoms with Crippen molar-refractivity contribution in [3.8, 4) is 11.5 Å². The van der Waals surface area contributed by atoms with E-state index < -0.39 is 16.3 Å². The quantitative estimate of drug-likeness (QED) is 0.941. The Morgan fingerprint density at radius 1 is 1.09 bits per heavy atom. The van der Waals surface area contributed by atoms with Crippen molar-refractivity contribution < 1.29 is 26.7 Å². The Morgan fingerprint density at radius 2 is 1.82 bits per heavy atom. The first-order valence-corrected chi connectivity index (χ1v) is 7.73. The second-order valence-electron chi connectivity index (χ2n) is 4.72. The van der Waals surface area contributed by atoms with E-state index >= 15 is 0 Å². The van der Waals surface area contributed by atoms with Gasteiger partial charge in [-0.1, -0.05) is 18.2 Å². The van der Waals surface area contributed by atoms with Crippen LogP contribution in [0.2, 0.25) is 0 Å². The van der Waals surface area contributed by atoms with Crippen molar-refractivity contribution in [2.75, 3.05) is 4.72 Å². The van der Waals surface area contributed by atoms with Gasteiger partial charge in [-0.2, -0.15) is 0 Å². The van der Waals surface area contributed by atoms with Crippen molar-refractivity contribution in [2.24, 2.45) is 0 Å². The Labute approximate surface area is 125 Å². The van der Waals surface area contributed by atoms with E-state index in [1.54, 1.807) is 19.1 Å². The first kappa shape index (κ1) is 14.6. The molecule has 8 heteroatoms. The Kier molecular flexibility index (Phi) is 3.21. The van der Waals surface area contributed by atoms with Crippen LogP contribution in [-0.2, 0) is 10.0 Å². The highest BCUT2D eigenvalue weighted by Crippen LogP contribution is 2.46. The van der Waals surface area contributed by atoms with Gasteiger partial charge in [0.05, 0.1) is 10.6 Å². The molecule has 0 saturated heterocycles. The number of rotatable bonds is 3. The van der Waals surface area contributed by atoms with Crippen LogP contribution in [0.3, 0.4) is 0 Å². The van der Waals surface area contributed by atoms with Crippen LogP contribution in [0.15, 0.2) is 47.4 Å². The molecule has 1 aliphatic rings. The van der Waals surface area contributed by atoms with Gasteiger partial charge in [0.1, 0.15) is 0 Å². The van der Waals surface area contributed by atoms with Crippen LogP contribution in [0.5, 0.6) is 11.5 Å². The molecule has 0 saturated carbocycles. The number of aryl methyl sites for hydroxylation is 1. The fourth-order valence-corrected chi connectivity index (χ4v) is 3.20. The number of nitrogens with one attached hydrogen (secondary N) is 1. The minimum absolute atomic E-state index is 0.0239. The molecule has 2 aromatic carbocycles. The molecular weight excluding hydrogens is 316 g/mol. The van der Waals surface area contributed by atoms with Crippen molar-refractivity contribution in [1.82, 2.24) is 0 Å². The summed E-state index contributed by atoms with van der Waals surface area (Å²) in [6.07, 6.45) is -3.81. The lowest BCUT2D eigenvalue weighted by molar-refractivity contribution is -0.286. The highest BCUT2D eigenvalue weighted by Gasteiger charge is 2.44. The number of halogens is 2. The molecule has 5 nitrogen and oxygen atoms in total. The molecule has 2 aromatic rings. The highest BCUT2D eigenvalue weighted by molar-refractivity contribution is 7.92. The smallest absolute Gasteiger partial charge is 0.395 e. The molecule has 0 amide bonds. The largest absolute Gasteiger partial charge is 0.586 e. The molecule has 1 heterocycles. The molecule has 0 aromatic heterocycles. The lowest BCUT2D eigenvalue weighted by Gasteiger charge is -2.11. The summed E-state index contributed by atoms with van der Waals surface area (Å²) in [5, 5.41) is 0. The number of hydrogen-bond donors (Lipinski definition) is 1. The molecule has 0 bridgehead atoms. The SMILES string of the molecule is Cc1cccc(S(=O)(=O)Nc2cccc3c2OC(F)(F)O3)c1. The van der Waals surface area contributed by atoms with Crippen molar-refractivity contribution in [3.63, 3.8) is 0 Å². The number of hydrogen-bond acceptors (Lipinski definition) is 4. The minimum Gasteiger partial charge on any atom is -0.395 e. The second kappa shape index (κ2) is 4.84. The molecule has 116 valence electrons. The number of sulfonamides is 1. The lowest BCUT2D eigenvalue weighted by atomic mass is 10.2. The maximum absolute atomic E-state index is 13.1. The molecule has 3 rings (SSSR count). The first-order chi connectivity index (χ1) is 10.3. The van der Waals surface area contributed by atoms with Crippen molar-refractivity contribution in [2.45, 2.75) is 18.1 Å². The van der Waals surface area contributed by atoms with Crippen LogP contribution in [-0.4, -0.2) is 14.7 Å². The number of ether oxygens (including phenoxy) is 2. The van der Waals surface area contributed by atoms with Crippen LogP contribution in [0.4, 0.5) is 14.5 Å². The Balaban J connectivity index is 1.97. The zero-order valence-electron chi connectivity index (χ0n) is 11.3. The van der Waals surface area contributed by atoms with Gasteiger partial charge in [0.15, 0.2) is 11.5 Å². The Bertz CT molecular complexity index is 836. The summed E-state index contributed by atoms with van der Waals surface area (Å²) in [6, 6.07) is 10.2. The van der Waals surface area contributed by atoms with Crippen LogP contribution < -0.4 is 14.2 Å². The van der Waals surface area contributed by atoms with Gasteiger partial charge in [-0.15, -0.1) is 8.78 Å². The van der Waals surface area contributed by atoms with Gasteiger partial charge in [-0.3, -0.25) is 4.72 Å². The van der Waals surface area contributed by atoms with Gasteiger partial charge in [0.2, 0.25) is 0 Å². The summed E-state index contributed by atoms with van der Waals surface area (Å²) in [6.45, 7) is 1.75. The molecule has 22 heavy (non-hydrogen) atoms. The van der Waals surface area contributed by atoms with E-state index in [2.05, 4.69) is 14.2 Å². The molecule has 1 N–H and O–H groups in total. The van der Waals surface area contributed by atoms with Gasteiger partial charge in [-0.05, 0) is 36.8 Å². The van der Waals surface area contributed by atoms with Gasteiger partial charge in [0.25, 0.3) is 10.0 Å². The number of alkyl halides is 2. The number of fused-ring (bicyclic) bond motifs is 1. The average molecular weight is 327 g/mol. The van der Waals surface area contributed by atoms with Crippen LogP contribution in [0.25, 0.3) is 0 Å². The summed E-state index contributed by atoms with van der Waals surface area (Å²) < 4.78 is 61.7. The Hall–Kier alpha value is -2.35. The molecule has 0 atom stereocenters. The third kappa shape index (κ3) is 2.69. The van der Waals surface area contributed by atoms with Crippen molar-refractivity contribution in [1.29, 1.82) is 0 Å². The molecule has 1 aliphatic heterocycles. The number of anilines is 1. The van der Waals surface area contributed by atoms with Crippen LogP contribution >= 0.6 is 0 Å². The first-order valence-electron chi connectivity index (χ1n) is 6.25. The zero-order chi connectivity index (χ0) is 16.0. The summed E-state index contributed by atoms with van der Waals surface area (Å²) in [7, 11) is -3.93. The summed E-state index contributed by atoms with van der Waals surface area (Å²) >= 11 is 0. The monoisotopic (exact) mass is 327 g/mol. The lowest BCUT2D eigenvalue weighted by Crippen LogP contribution is -2.26. The van der Waals surface area contributed by atoms with Gasteiger partial charge in [0, 0.05) is 0 Å². The topological polar surface area (TPSA) is 64.6 Å². The molecular formula is C14H11F2NO4S. The van der Waals surface area contributed by atoms with E-state index in [0.717, 1.165) is 5.56 Å². The Morgan fingerprint density at radius 3 is 2.55 bits per heavy atom. The molecule has 0 spiro atoms. The molecule has 0 fully saturated rings. The van der Waals surface area contributed by atoms with E-state index in [4.69, 9.17) is 0 Å². The minimum atomic E-state index is -3.93. The molecule has 0 unspecified atom stereocenters. The maximum atomic E-state index is 13.1. The van der Waals surface area contributed by atoms with E-state index in [9.17, 15) is 17.2 Å². The summed E-state index contributed by atoms with van der Waals surface area (Å²) in [5.41, 5.74) is 0.642. The van der Waals surface area contributed by atoms with Gasteiger partial charge >= 0.3 is 6.29 Å². The van der Waals surface area contributed by atoms with Crippen LogP contribution in [0.1, 0.15) is 5.56 Å². The normalized spacial score (nSPS) is 15.6. The predicted octanol–water partition coefficient (Wildman–Crippen LogP) is 3.12. The van der Waals surface area contributed by atoms with E-state index in [0.29, 0.717) is 0 Å². The van der Waals surface area contributed by atoms with E-state index in [-0.39, 0.29) is 22.1 Å². The third-order valence-corrected chi connectivity index (χ3v) is 4.34. The standard InChI is InChI=1S/C14H11F2NO4S/c1-9-4-2-5-10(8-9)22(18,19)17-11-6-3-7-12-13(11)21-14(15,16)20-12/h2-8,17H,1H3. The second-order valence-corrected chi connectivity index (χ2v) is 6.40. The molecule has 0 radical (unpaired) electrons. The van der Waals surface area contributed by atoms with Gasteiger partial charge in [-0.25, -0.2) is 8.42 Å². The van der Waals surface area contributed by atoms with E-state index in [1.807, 2.05) is 0 Å². The molecule has 0 aliphatic carbocycles. The van der Waals surface area contributed by atoms with Crippen molar-refractivity contribution in [3.05, 3.63) is 48.0 Å². The summed E-state index contributed by atoms with van der Waals surface area (Å²) in [4.78, 5) is 0.0239. The maximum Gasteiger partial charge on any atom is 0.586 e. The van der Waals surface area contributed by atoms with E-state index in [1.165, 1.54) is 30.3 Å². The average Bonchev–Trinajstić information content (AvgIpc) is 2.74. The zero-order valence-corrected chi connectivity index (χ0v) is 12.2.